The molecule has 2 unspecified atom stereocenters. The zero-order chi connectivity index (χ0) is 13.8. The summed E-state index contributed by atoms with van der Waals surface area (Å²) in [5.41, 5.74) is 2.12. The Morgan fingerprint density at radius 2 is 1.74 bits per heavy atom. The van der Waals surface area contributed by atoms with Crippen LogP contribution in [0.3, 0.4) is 0 Å². The summed E-state index contributed by atoms with van der Waals surface area (Å²) in [5.74, 6) is 0.947. The Bertz CT molecular complexity index is 540. The van der Waals surface area contributed by atoms with Crippen LogP contribution in [0.2, 0.25) is 5.02 Å². The Labute approximate surface area is 124 Å². The molecule has 0 aromatic heterocycles. The molecule has 0 aliphatic heterocycles. The molecule has 0 saturated heterocycles. The van der Waals surface area contributed by atoms with E-state index in [4.69, 9.17) is 27.9 Å². The lowest BCUT2D eigenvalue weighted by Crippen LogP contribution is -2.04. The van der Waals surface area contributed by atoms with Crippen LogP contribution in [0.4, 0.5) is 0 Å². The van der Waals surface area contributed by atoms with Crippen molar-refractivity contribution in [1.82, 2.24) is 0 Å². The van der Waals surface area contributed by atoms with Crippen molar-refractivity contribution < 1.29 is 4.74 Å². The third kappa shape index (κ3) is 3.23. The van der Waals surface area contributed by atoms with Crippen molar-refractivity contribution >= 4 is 23.2 Å². The lowest BCUT2D eigenvalue weighted by atomic mass is 9.93. The van der Waals surface area contributed by atoms with E-state index in [0.29, 0.717) is 5.02 Å². The molecule has 0 amide bonds. The molecular formula is C16H16Cl2O. The molecule has 0 spiro atoms. The van der Waals surface area contributed by atoms with Gasteiger partial charge in [-0.05, 0) is 23.8 Å². The number of hydrogen-bond acceptors (Lipinski definition) is 1. The second-order valence-corrected chi connectivity index (χ2v) is 5.39. The molecule has 0 radical (unpaired) electrons. The fraction of sp³-hybridized carbons (Fsp3) is 0.250. The third-order valence-electron chi connectivity index (χ3n) is 3.25. The molecule has 2 rings (SSSR count). The van der Waals surface area contributed by atoms with Crippen LogP contribution in [0.5, 0.6) is 5.75 Å². The van der Waals surface area contributed by atoms with Gasteiger partial charge in [0, 0.05) is 16.5 Å². The average Bonchev–Trinajstić information content (AvgIpc) is 2.46. The highest BCUT2D eigenvalue weighted by Gasteiger charge is 2.21. The number of rotatable bonds is 4. The number of methoxy groups -OCH3 is 1. The molecule has 0 aliphatic rings. The summed E-state index contributed by atoms with van der Waals surface area (Å²) in [4.78, 5) is 0. The predicted octanol–water partition coefficient (Wildman–Crippen LogP) is 5.43. The maximum Gasteiger partial charge on any atom is 0.123 e. The van der Waals surface area contributed by atoms with Crippen LogP contribution in [0.1, 0.15) is 29.3 Å². The SMILES string of the molecule is COc1ccc(Cl)cc1C(Cl)C(C)c1ccccc1. The first kappa shape index (κ1) is 14.2. The standard InChI is InChI=1S/C16H16Cl2O/c1-11(12-6-4-3-5-7-12)16(18)14-10-13(17)8-9-15(14)19-2/h3-11,16H,1-2H3. The van der Waals surface area contributed by atoms with Crippen LogP contribution < -0.4 is 4.74 Å². The minimum Gasteiger partial charge on any atom is -0.496 e. The van der Waals surface area contributed by atoms with Crippen molar-refractivity contribution in [1.29, 1.82) is 0 Å². The van der Waals surface area contributed by atoms with Crippen molar-refractivity contribution in [3.8, 4) is 5.75 Å². The van der Waals surface area contributed by atoms with Gasteiger partial charge in [-0.1, -0.05) is 48.9 Å². The van der Waals surface area contributed by atoms with Gasteiger partial charge in [-0.15, -0.1) is 11.6 Å². The van der Waals surface area contributed by atoms with Gasteiger partial charge in [0.1, 0.15) is 5.75 Å². The number of halogens is 2. The quantitative estimate of drug-likeness (QED) is 0.683. The number of hydrogen-bond donors (Lipinski definition) is 0. The fourth-order valence-corrected chi connectivity index (χ4v) is 2.61. The molecule has 2 atom stereocenters. The van der Waals surface area contributed by atoms with Gasteiger partial charge in [0.05, 0.1) is 12.5 Å². The minimum absolute atomic E-state index is 0.176. The Hall–Kier alpha value is -1.18. The van der Waals surface area contributed by atoms with E-state index in [1.165, 1.54) is 5.56 Å². The monoisotopic (exact) mass is 294 g/mol. The summed E-state index contributed by atoms with van der Waals surface area (Å²) in [6.45, 7) is 2.10. The molecule has 2 aromatic rings. The minimum atomic E-state index is -0.184. The third-order valence-corrected chi connectivity index (χ3v) is 4.10. The van der Waals surface area contributed by atoms with Crippen molar-refractivity contribution in [2.24, 2.45) is 0 Å². The van der Waals surface area contributed by atoms with Crippen LogP contribution in [0, 0.1) is 0 Å². The molecule has 3 heteroatoms. The van der Waals surface area contributed by atoms with Crippen molar-refractivity contribution in [3.05, 3.63) is 64.7 Å². The van der Waals surface area contributed by atoms with Crippen molar-refractivity contribution in [2.75, 3.05) is 7.11 Å². The Morgan fingerprint density at radius 3 is 2.37 bits per heavy atom. The summed E-state index contributed by atoms with van der Waals surface area (Å²) in [7, 11) is 1.64. The van der Waals surface area contributed by atoms with Crippen molar-refractivity contribution in [2.45, 2.75) is 18.2 Å². The zero-order valence-corrected chi connectivity index (χ0v) is 12.4. The van der Waals surface area contributed by atoms with Gasteiger partial charge in [0.15, 0.2) is 0 Å². The summed E-state index contributed by atoms with van der Waals surface area (Å²) >= 11 is 12.7. The van der Waals surface area contributed by atoms with E-state index in [0.717, 1.165) is 11.3 Å². The molecule has 0 N–H and O–H groups in total. The first-order valence-corrected chi connectivity index (χ1v) is 6.97. The first-order valence-electron chi connectivity index (χ1n) is 6.16. The molecule has 100 valence electrons. The highest BCUT2D eigenvalue weighted by atomic mass is 35.5. The van der Waals surface area contributed by atoms with Gasteiger partial charge in [-0.2, -0.15) is 0 Å². The first-order chi connectivity index (χ1) is 9.13. The van der Waals surface area contributed by atoms with Gasteiger partial charge in [0.25, 0.3) is 0 Å². The second-order valence-electron chi connectivity index (χ2n) is 4.49. The van der Waals surface area contributed by atoms with Crippen LogP contribution in [-0.4, -0.2) is 7.11 Å². The lowest BCUT2D eigenvalue weighted by Gasteiger charge is -2.21. The van der Waals surface area contributed by atoms with E-state index in [1.54, 1.807) is 13.2 Å². The van der Waals surface area contributed by atoms with Gasteiger partial charge < -0.3 is 4.74 Å². The summed E-state index contributed by atoms with van der Waals surface area (Å²) in [6.07, 6.45) is 0. The second kappa shape index (κ2) is 6.31. The summed E-state index contributed by atoms with van der Waals surface area (Å²) < 4.78 is 5.36. The van der Waals surface area contributed by atoms with E-state index in [-0.39, 0.29) is 11.3 Å². The van der Waals surface area contributed by atoms with Gasteiger partial charge in [-0.25, -0.2) is 0 Å². The Kier molecular flexibility index (Phi) is 4.73. The average molecular weight is 295 g/mol. The largest absolute Gasteiger partial charge is 0.496 e. The summed E-state index contributed by atoms with van der Waals surface area (Å²) in [5, 5.41) is 0.484. The molecule has 0 aliphatic carbocycles. The Balaban J connectivity index is 2.33. The van der Waals surface area contributed by atoms with Gasteiger partial charge in [0.2, 0.25) is 0 Å². The number of ether oxygens (including phenoxy) is 1. The number of benzene rings is 2. The van der Waals surface area contributed by atoms with E-state index < -0.39 is 0 Å². The molecule has 0 saturated carbocycles. The summed E-state index contributed by atoms with van der Waals surface area (Å²) in [6, 6.07) is 15.7. The normalized spacial score (nSPS) is 13.9. The molecule has 2 aromatic carbocycles. The van der Waals surface area contributed by atoms with Crippen molar-refractivity contribution in [3.63, 3.8) is 0 Å². The van der Waals surface area contributed by atoms with E-state index in [9.17, 15) is 0 Å². The highest BCUT2D eigenvalue weighted by molar-refractivity contribution is 6.31. The fourth-order valence-electron chi connectivity index (χ4n) is 2.12. The molecular weight excluding hydrogens is 279 g/mol. The highest BCUT2D eigenvalue weighted by Crippen LogP contribution is 2.41. The maximum atomic E-state index is 6.61. The van der Waals surface area contributed by atoms with Crippen LogP contribution in [-0.2, 0) is 0 Å². The molecule has 1 nitrogen and oxygen atoms in total. The molecule has 0 bridgehead atoms. The molecule has 0 heterocycles. The topological polar surface area (TPSA) is 9.23 Å². The van der Waals surface area contributed by atoms with Gasteiger partial charge in [-0.3, -0.25) is 0 Å². The molecule has 0 fully saturated rings. The van der Waals surface area contributed by atoms with Crippen LogP contribution in [0.15, 0.2) is 48.5 Å². The van der Waals surface area contributed by atoms with E-state index >= 15 is 0 Å². The lowest BCUT2D eigenvalue weighted by molar-refractivity contribution is 0.407. The van der Waals surface area contributed by atoms with Crippen LogP contribution >= 0.6 is 23.2 Å². The predicted molar refractivity (Wildman–Crippen MR) is 81.5 cm³/mol. The molecule has 19 heavy (non-hydrogen) atoms. The van der Waals surface area contributed by atoms with E-state index in [2.05, 4.69) is 19.1 Å². The zero-order valence-electron chi connectivity index (χ0n) is 10.9. The van der Waals surface area contributed by atoms with E-state index in [1.807, 2.05) is 30.3 Å². The Morgan fingerprint density at radius 1 is 1.05 bits per heavy atom. The number of alkyl halides is 1. The maximum absolute atomic E-state index is 6.61. The van der Waals surface area contributed by atoms with Gasteiger partial charge >= 0.3 is 0 Å². The van der Waals surface area contributed by atoms with Crippen LogP contribution in [0.25, 0.3) is 0 Å². The smallest absolute Gasteiger partial charge is 0.123 e.